The predicted molar refractivity (Wildman–Crippen MR) is 199 cm³/mol. The highest BCUT2D eigenvalue weighted by Crippen LogP contribution is 2.58. The van der Waals surface area contributed by atoms with Crippen LogP contribution in [0.25, 0.3) is 11.2 Å². The number of nitrogens with two attached hydrogens (primary N) is 1. The largest absolute Gasteiger partial charge is 0.408 e. The molecule has 17 heteroatoms. The first-order chi connectivity index (χ1) is 22.1. The Morgan fingerprint density at radius 3 is 2.29 bits per heavy atom. The molecule has 6 atom stereocenters. The van der Waals surface area contributed by atoms with Crippen LogP contribution in [0.15, 0.2) is 30.9 Å². The molecule has 1 unspecified atom stereocenters. The van der Waals surface area contributed by atoms with Gasteiger partial charge in [0.15, 0.2) is 34.3 Å². The average Bonchev–Trinajstić information content (AvgIpc) is 3.54. The third kappa shape index (κ3) is 7.90. The molecule has 2 aliphatic heterocycles. The second-order valence-electron chi connectivity index (χ2n) is 15.5. The molecule has 3 aromatic rings. The zero-order valence-electron chi connectivity index (χ0n) is 29.3. The summed E-state index contributed by atoms with van der Waals surface area (Å²) in [5.41, 5.74) is 7.95. The van der Waals surface area contributed by atoms with E-state index < -0.39 is 54.0 Å². The van der Waals surface area contributed by atoms with E-state index in [9.17, 15) is 0 Å². The molecule has 5 rings (SSSR count). The van der Waals surface area contributed by atoms with Gasteiger partial charge in [0.2, 0.25) is 0 Å². The summed E-state index contributed by atoms with van der Waals surface area (Å²) in [6.45, 7) is 19.3. The maximum atomic E-state index is 7.22. The van der Waals surface area contributed by atoms with Crippen LogP contribution < -0.4 is 5.73 Å². The number of anilines is 1. The maximum absolute atomic E-state index is 7.22. The van der Waals surface area contributed by atoms with Crippen LogP contribution in [0.1, 0.15) is 65.9 Å². The molecule has 0 spiro atoms. The molecule has 0 aliphatic carbocycles. The average molecular weight is 777 g/mol. The third-order valence-corrected chi connectivity index (χ3v) is 21.9. The minimum Gasteiger partial charge on any atom is -0.408 e. The summed E-state index contributed by atoms with van der Waals surface area (Å²) in [5, 5.41) is 0.919. The van der Waals surface area contributed by atoms with Gasteiger partial charge in [0.1, 0.15) is 30.2 Å². The van der Waals surface area contributed by atoms with E-state index >= 15 is 0 Å². The van der Waals surface area contributed by atoms with Crippen LogP contribution in [0, 0.1) is 0 Å². The summed E-state index contributed by atoms with van der Waals surface area (Å²) < 4.78 is 42.0. The third-order valence-electron chi connectivity index (χ3n) is 10.0. The van der Waals surface area contributed by atoms with Gasteiger partial charge in [-0.2, -0.15) is 0 Å². The molecular formula is C31H48Cl2N5O6PSSi2. The lowest BCUT2D eigenvalue weighted by atomic mass is 10.1. The molecule has 4 heterocycles. The van der Waals surface area contributed by atoms with Gasteiger partial charge in [0, 0.05) is 22.0 Å². The monoisotopic (exact) mass is 775 g/mol. The summed E-state index contributed by atoms with van der Waals surface area (Å²) in [7, 11) is -4.77. The molecule has 2 aliphatic rings. The fourth-order valence-electron chi connectivity index (χ4n) is 5.14. The van der Waals surface area contributed by atoms with Crippen LogP contribution in [0.4, 0.5) is 5.82 Å². The number of ether oxygens (including phenoxy) is 1. The highest BCUT2D eigenvalue weighted by Gasteiger charge is 2.55. The quantitative estimate of drug-likeness (QED) is 0.166. The van der Waals surface area contributed by atoms with Crippen molar-refractivity contribution in [3.05, 3.63) is 46.5 Å². The highest BCUT2D eigenvalue weighted by atomic mass is 35.5. The zero-order valence-corrected chi connectivity index (χ0v) is 34.5. The zero-order chi connectivity index (χ0) is 35.4. The Morgan fingerprint density at radius 1 is 1.00 bits per heavy atom. The van der Waals surface area contributed by atoms with Gasteiger partial charge >= 0.3 is 6.72 Å². The summed E-state index contributed by atoms with van der Waals surface area (Å²) in [6.07, 6.45) is 0.907. The fourth-order valence-corrected chi connectivity index (χ4v) is 10.3. The number of aromatic nitrogens is 4. The van der Waals surface area contributed by atoms with Crippen molar-refractivity contribution in [2.75, 3.05) is 18.9 Å². The van der Waals surface area contributed by atoms with Crippen molar-refractivity contribution < 1.29 is 27.2 Å². The van der Waals surface area contributed by atoms with Crippen molar-refractivity contribution in [1.29, 1.82) is 0 Å². The van der Waals surface area contributed by atoms with E-state index in [0.717, 1.165) is 5.56 Å². The molecule has 1 aromatic carbocycles. The number of nitrogen functional groups attached to an aromatic ring is 1. The van der Waals surface area contributed by atoms with E-state index in [1.165, 1.54) is 6.33 Å². The molecule has 266 valence electrons. The molecule has 2 fully saturated rings. The summed E-state index contributed by atoms with van der Waals surface area (Å²) in [6, 6.07) is 5.28. The lowest BCUT2D eigenvalue weighted by Crippen LogP contribution is -2.54. The topological polar surface area (TPSA) is 125 Å². The van der Waals surface area contributed by atoms with Crippen LogP contribution >= 0.6 is 29.9 Å². The molecule has 2 N–H and O–H groups in total. The van der Waals surface area contributed by atoms with Crippen molar-refractivity contribution in [2.45, 2.75) is 115 Å². The molecule has 0 bridgehead atoms. The van der Waals surface area contributed by atoms with Crippen molar-refractivity contribution in [3.8, 4) is 0 Å². The van der Waals surface area contributed by atoms with Gasteiger partial charge in [-0.05, 0) is 66.3 Å². The number of nitrogens with zero attached hydrogens (tertiary/aromatic N) is 4. The maximum Gasteiger partial charge on any atom is 0.327 e. The number of benzene rings is 1. The van der Waals surface area contributed by atoms with Gasteiger partial charge in [-0.15, -0.1) is 0 Å². The van der Waals surface area contributed by atoms with E-state index in [1.807, 2.05) is 4.57 Å². The van der Waals surface area contributed by atoms with Crippen LogP contribution in [0.5, 0.6) is 0 Å². The smallest absolute Gasteiger partial charge is 0.327 e. The minimum absolute atomic E-state index is 0.0458. The standard InChI is InChI=1S/C31H48Cl2N5O6PSSi2/c1-30(2,3)47(7,8)43-25-23(16-40-45(46)39-14-13-22(42-45)20-15-19(32)11-12-21(20)33)41-29(26(25)44-48(9,10)31(4,5)6)38-18-37-24-27(34)35-17-36-28(24)38/h11-12,15,17-18,22-23,25-26,29H,13-14,16H2,1-10H3,(H2,34,35,36)/t22-,23-,25-,26-,29-,45?/m1/s1. The Balaban J connectivity index is 1.52. The molecule has 48 heavy (non-hydrogen) atoms. The molecule has 0 radical (unpaired) electrons. The first kappa shape index (κ1) is 38.2. The fraction of sp³-hybridized carbons (Fsp3) is 0.645. The van der Waals surface area contributed by atoms with Crippen molar-refractivity contribution in [2.24, 2.45) is 0 Å². The number of halogens is 2. The van der Waals surface area contributed by atoms with E-state index in [0.29, 0.717) is 34.2 Å². The molecular weight excluding hydrogens is 728 g/mol. The number of imidazole rings is 1. The lowest BCUT2D eigenvalue weighted by Gasteiger charge is -2.44. The van der Waals surface area contributed by atoms with Gasteiger partial charge < -0.3 is 32.9 Å². The van der Waals surface area contributed by atoms with E-state index in [2.05, 4.69) is 82.7 Å². The Hall–Kier alpha value is -1.01. The Morgan fingerprint density at radius 2 is 1.65 bits per heavy atom. The van der Waals surface area contributed by atoms with Crippen molar-refractivity contribution in [1.82, 2.24) is 19.5 Å². The predicted octanol–water partition coefficient (Wildman–Crippen LogP) is 8.81. The second-order valence-corrected chi connectivity index (χ2v) is 28.8. The van der Waals surface area contributed by atoms with Crippen LogP contribution in [-0.2, 0) is 39.0 Å². The second kappa shape index (κ2) is 13.8. The lowest BCUT2D eigenvalue weighted by molar-refractivity contribution is -0.0515. The molecule has 2 aromatic heterocycles. The highest BCUT2D eigenvalue weighted by molar-refractivity contribution is 8.07. The van der Waals surface area contributed by atoms with E-state index in [4.69, 9.17) is 67.9 Å². The number of hydrogen-bond acceptors (Lipinski definition) is 11. The van der Waals surface area contributed by atoms with Gasteiger partial charge in [-0.1, -0.05) is 64.7 Å². The van der Waals surface area contributed by atoms with E-state index in [1.54, 1.807) is 24.5 Å². The van der Waals surface area contributed by atoms with Crippen LogP contribution in [0.3, 0.4) is 0 Å². The van der Waals surface area contributed by atoms with Gasteiger partial charge in [-0.25, -0.2) is 15.0 Å². The normalized spacial score (nSPS) is 27.5. The van der Waals surface area contributed by atoms with Crippen LogP contribution in [-0.4, -0.2) is 67.7 Å². The first-order valence-corrected chi connectivity index (χ1v) is 25.2. The van der Waals surface area contributed by atoms with Gasteiger partial charge in [-0.3, -0.25) is 4.57 Å². The molecule has 0 saturated carbocycles. The Labute approximate surface area is 301 Å². The Bertz CT molecular complexity index is 1690. The SMILES string of the molecule is CC(C)(C)[Si](C)(C)O[C@@H]1[C@H](O[Si](C)(C)C(C)(C)C)[C@@H](COP2(=S)OCC[C@H](c3cc(Cl)ccc3Cl)O2)O[C@H]1n1cnc2c(N)ncnc21. The Kier molecular flexibility index (Phi) is 11.0. The van der Waals surface area contributed by atoms with Gasteiger partial charge in [0.25, 0.3) is 0 Å². The minimum atomic E-state index is -3.23. The number of hydrogen-bond donors (Lipinski definition) is 1. The summed E-state index contributed by atoms with van der Waals surface area (Å²) >= 11 is 18.7. The molecule has 2 saturated heterocycles. The first-order valence-electron chi connectivity index (χ1n) is 16.1. The molecule has 0 amide bonds. The van der Waals surface area contributed by atoms with Gasteiger partial charge in [0.05, 0.1) is 25.6 Å². The van der Waals surface area contributed by atoms with E-state index in [-0.39, 0.29) is 22.5 Å². The van der Waals surface area contributed by atoms with Crippen molar-refractivity contribution in [3.63, 3.8) is 0 Å². The van der Waals surface area contributed by atoms with Crippen LogP contribution in [0.2, 0.25) is 46.3 Å². The molecule has 11 nitrogen and oxygen atoms in total. The number of rotatable bonds is 9. The summed E-state index contributed by atoms with van der Waals surface area (Å²) in [5.74, 6) is 0.284. The summed E-state index contributed by atoms with van der Waals surface area (Å²) in [4.78, 5) is 13.2. The number of fused-ring (bicyclic) bond motifs is 1. The van der Waals surface area contributed by atoms with Crippen molar-refractivity contribution >= 4 is 75.3 Å².